The zero-order valence-electron chi connectivity index (χ0n) is 15.4. The smallest absolute Gasteiger partial charge is 0.303 e. The number of aliphatic carboxylic acids is 1. The van der Waals surface area contributed by atoms with Gasteiger partial charge < -0.3 is 9.84 Å². The highest BCUT2D eigenvalue weighted by atomic mass is 32.2. The molecule has 0 amide bonds. The van der Waals surface area contributed by atoms with E-state index < -0.39 is 21.6 Å². The number of sulfone groups is 1. The van der Waals surface area contributed by atoms with Crippen molar-refractivity contribution in [1.29, 1.82) is 0 Å². The Morgan fingerprint density at radius 2 is 1.89 bits per heavy atom. The molecule has 1 N–H and O–H groups in total. The van der Waals surface area contributed by atoms with Gasteiger partial charge in [0, 0.05) is 23.8 Å². The Labute approximate surface area is 164 Å². The first kappa shape index (κ1) is 21.6. The van der Waals surface area contributed by atoms with E-state index in [1.165, 1.54) is 6.07 Å². The zero-order valence-corrected chi connectivity index (χ0v) is 16.3. The van der Waals surface area contributed by atoms with Crippen LogP contribution in [0.5, 0.6) is 0 Å². The number of aryl methyl sites for hydroxylation is 1. The Bertz CT molecular complexity index is 1000. The summed E-state index contributed by atoms with van der Waals surface area (Å²) in [7, 11) is -3.07. The van der Waals surface area contributed by atoms with Gasteiger partial charge >= 0.3 is 5.97 Å². The number of ether oxygens (including phenoxy) is 1. The van der Waals surface area contributed by atoms with E-state index in [9.17, 15) is 17.6 Å². The van der Waals surface area contributed by atoms with Crippen molar-refractivity contribution in [3.8, 4) is 11.8 Å². The average molecular weight is 404 g/mol. The predicted molar refractivity (Wildman–Crippen MR) is 104 cm³/mol. The lowest BCUT2D eigenvalue weighted by Crippen LogP contribution is -2.10. The van der Waals surface area contributed by atoms with Gasteiger partial charge in [-0.1, -0.05) is 36.1 Å². The van der Waals surface area contributed by atoms with Gasteiger partial charge in [0.2, 0.25) is 0 Å². The summed E-state index contributed by atoms with van der Waals surface area (Å²) in [5.41, 5.74) is 2.33. The number of carboxylic acid groups (broad SMARTS) is 1. The molecule has 28 heavy (non-hydrogen) atoms. The van der Waals surface area contributed by atoms with Crippen LogP contribution in [0, 0.1) is 17.7 Å². The maximum atomic E-state index is 14.1. The van der Waals surface area contributed by atoms with Crippen molar-refractivity contribution in [3.05, 3.63) is 70.5 Å². The van der Waals surface area contributed by atoms with Crippen molar-refractivity contribution in [2.45, 2.75) is 19.4 Å². The molecule has 7 heteroatoms. The molecule has 0 aliphatic heterocycles. The Morgan fingerprint density at radius 3 is 2.57 bits per heavy atom. The van der Waals surface area contributed by atoms with Gasteiger partial charge in [-0.05, 0) is 35.7 Å². The highest BCUT2D eigenvalue weighted by Gasteiger charge is 2.06. The molecular weight excluding hydrogens is 383 g/mol. The summed E-state index contributed by atoms with van der Waals surface area (Å²) < 4.78 is 41.8. The van der Waals surface area contributed by atoms with Gasteiger partial charge in [0.15, 0.2) is 0 Å². The van der Waals surface area contributed by atoms with Gasteiger partial charge in [0.25, 0.3) is 0 Å². The SMILES string of the molecule is CS(=O)(=O)CCOCc1ccccc1C#Cc1ccc(CCC(=O)O)c(F)c1. The lowest BCUT2D eigenvalue weighted by Gasteiger charge is -2.06. The predicted octanol–water partition coefficient (Wildman–Crippen LogP) is 2.80. The topological polar surface area (TPSA) is 80.7 Å². The highest BCUT2D eigenvalue weighted by Crippen LogP contribution is 2.13. The first-order valence-corrected chi connectivity index (χ1v) is 10.7. The van der Waals surface area contributed by atoms with Crippen LogP contribution in [0.2, 0.25) is 0 Å². The number of hydrogen-bond acceptors (Lipinski definition) is 4. The number of halogens is 1. The molecule has 0 unspecified atom stereocenters. The summed E-state index contributed by atoms with van der Waals surface area (Å²) in [6.07, 6.45) is 1.15. The van der Waals surface area contributed by atoms with Gasteiger partial charge in [0.05, 0.1) is 19.0 Å². The van der Waals surface area contributed by atoms with Crippen molar-refractivity contribution in [3.63, 3.8) is 0 Å². The number of hydrogen-bond donors (Lipinski definition) is 1. The number of benzene rings is 2. The summed E-state index contributed by atoms with van der Waals surface area (Å²) in [5.74, 6) is 4.36. The lowest BCUT2D eigenvalue weighted by molar-refractivity contribution is -0.136. The van der Waals surface area contributed by atoms with E-state index in [0.29, 0.717) is 16.7 Å². The molecule has 2 rings (SSSR count). The molecule has 5 nitrogen and oxygen atoms in total. The molecule has 0 spiro atoms. The highest BCUT2D eigenvalue weighted by molar-refractivity contribution is 7.90. The molecule has 148 valence electrons. The van der Waals surface area contributed by atoms with Crippen LogP contribution in [0.15, 0.2) is 42.5 Å². The Morgan fingerprint density at radius 1 is 1.14 bits per heavy atom. The summed E-state index contributed by atoms with van der Waals surface area (Å²) in [5, 5.41) is 8.69. The largest absolute Gasteiger partial charge is 0.481 e. The maximum absolute atomic E-state index is 14.1. The Hall–Kier alpha value is -2.69. The lowest BCUT2D eigenvalue weighted by atomic mass is 10.1. The molecule has 2 aromatic carbocycles. The number of rotatable bonds is 8. The van der Waals surface area contributed by atoms with Crippen LogP contribution >= 0.6 is 0 Å². The summed E-state index contributed by atoms with van der Waals surface area (Å²) in [6, 6.07) is 11.8. The van der Waals surface area contributed by atoms with E-state index >= 15 is 0 Å². The molecule has 0 saturated heterocycles. The normalized spacial score (nSPS) is 10.9. The maximum Gasteiger partial charge on any atom is 0.303 e. The van der Waals surface area contributed by atoms with E-state index in [2.05, 4.69) is 11.8 Å². The molecule has 2 aromatic rings. The number of carboxylic acids is 1. The monoisotopic (exact) mass is 404 g/mol. The van der Waals surface area contributed by atoms with Crippen LogP contribution in [0.25, 0.3) is 0 Å². The van der Waals surface area contributed by atoms with Crippen molar-refractivity contribution in [2.75, 3.05) is 18.6 Å². The minimum Gasteiger partial charge on any atom is -0.481 e. The van der Waals surface area contributed by atoms with E-state index in [1.54, 1.807) is 18.2 Å². The van der Waals surface area contributed by atoms with Crippen molar-refractivity contribution < 1.29 is 27.4 Å². The summed E-state index contributed by atoms with van der Waals surface area (Å²) in [6.45, 7) is 0.326. The van der Waals surface area contributed by atoms with E-state index in [1.807, 2.05) is 18.2 Å². The second-order valence-electron chi connectivity index (χ2n) is 6.29. The fourth-order valence-electron chi connectivity index (χ4n) is 2.37. The van der Waals surface area contributed by atoms with Gasteiger partial charge in [-0.3, -0.25) is 4.79 Å². The quantitative estimate of drug-likeness (QED) is 0.541. The van der Waals surface area contributed by atoms with Crippen molar-refractivity contribution in [1.82, 2.24) is 0 Å². The van der Waals surface area contributed by atoms with Gasteiger partial charge in [-0.2, -0.15) is 0 Å². The van der Waals surface area contributed by atoms with Gasteiger partial charge in [0.1, 0.15) is 15.7 Å². The fraction of sp³-hybridized carbons (Fsp3) is 0.286. The molecule has 0 atom stereocenters. The van der Waals surface area contributed by atoms with Crippen LogP contribution in [0.3, 0.4) is 0 Å². The third-order valence-corrected chi connectivity index (χ3v) is 4.78. The third-order valence-electron chi connectivity index (χ3n) is 3.88. The Kier molecular flexibility index (Phi) is 7.73. The van der Waals surface area contributed by atoms with Crippen LogP contribution in [-0.4, -0.2) is 38.1 Å². The molecule has 0 saturated carbocycles. The minimum absolute atomic E-state index is 0.0473. The Balaban J connectivity index is 2.07. The van der Waals surface area contributed by atoms with Crippen LogP contribution in [0.4, 0.5) is 4.39 Å². The second-order valence-corrected chi connectivity index (χ2v) is 8.55. The fourth-order valence-corrected chi connectivity index (χ4v) is 2.79. The molecule has 0 aliphatic rings. The summed E-state index contributed by atoms with van der Waals surface area (Å²) in [4.78, 5) is 10.6. The van der Waals surface area contributed by atoms with Crippen LogP contribution in [0.1, 0.15) is 28.7 Å². The van der Waals surface area contributed by atoms with Gasteiger partial charge in [-0.25, -0.2) is 12.8 Å². The molecule has 0 aromatic heterocycles. The van der Waals surface area contributed by atoms with E-state index in [0.717, 1.165) is 11.8 Å². The molecule has 0 fully saturated rings. The summed E-state index contributed by atoms with van der Waals surface area (Å²) >= 11 is 0. The molecule has 0 aliphatic carbocycles. The molecule has 0 radical (unpaired) electrons. The minimum atomic E-state index is -3.07. The standard InChI is InChI=1S/C21H21FO5S/c1-28(25,26)13-12-27-15-19-5-3-2-4-17(19)8-6-16-7-9-18(20(22)14-16)10-11-21(23)24/h2-5,7,9,14H,10-13,15H2,1H3,(H,23,24). The third kappa shape index (κ3) is 7.51. The first-order chi connectivity index (χ1) is 13.2. The van der Waals surface area contributed by atoms with Crippen LogP contribution < -0.4 is 0 Å². The van der Waals surface area contributed by atoms with Crippen molar-refractivity contribution >= 4 is 15.8 Å². The van der Waals surface area contributed by atoms with E-state index in [4.69, 9.17) is 9.84 Å². The molecule has 0 heterocycles. The van der Waals surface area contributed by atoms with Crippen molar-refractivity contribution in [2.24, 2.45) is 0 Å². The first-order valence-electron chi connectivity index (χ1n) is 8.60. The van der Waals surface area contributed by atoms with Gasteiger partial charge in [-0.15, -0.1) is 0 Å². The second kappa shape index (κ2) is 10.0. The average Bonchev–Trinajstić information content (AvgIpc) is 2.62. The van der Waals surface area contributed by atoms with E-state index in [-0.39, 0.29) is 31.8 Å². The molecular formula is C21H21FO5S. The van der Waals surface area contributed by atoms with Crippen LogP contribution in [-0.2, 0) is 32.4 Å². The molecule has 0 bridgehead atoms. The zero-order chi connectivity index (χ0) is 20.6. The number of carbonyl (C=O) groups is 1.